The molecule has 1 heterocycles. The highest BCUT2D eigenvalue weighted by Gasteiger charge is 2.86. The zero-order chi connectivity index (χ0) is 19.1. The van der Waals surface area contributed by atoms with E-state index in [1.807, 2.05) is 0 Å². The van der Waals surface area contributed by atoms with Crippen LogP contribution < -0.4 is 0 Å². The summed E-state index contributed by atoms with van der Waals surface area (Å²) in [4.78, 5) is -0.897. The molecule has 0 aromatic rings. The van der Waals surface area contributed by atoms with Gasteiger partial charge in [0.2, 0.25) is 1.47 Å². The average molecular weight is 589 g/mol. The van der Waals surface area contributed by atoms with Crippen LogP contribution in [0.4, 0.5) is 0 Å². The van der Waals surface area contributed by atoms with Crippen molar-refractivity contribution in [2.75, 3.05) is 13.1 Å². The Bertz CT molecular complexity index is 695. The van der Waals surface area contributed by atoms with Gasteiger partial charge in [-0.25, -0.2) is 8.42 Å². The maximum atomic E-state index is 13.2. The Hall–Kier alpha value is 1.30. The van der Waals surface area contributed by atoms with Gasteiger partial charge in [0, 0.05) is 12.8 Å². The van der Waals surface area contributed by atoms with E-state index in [1.54, 1.807) is 0 Å². The first kappa shape index (κ1) is 22.6. The minimum absolute atomic E-state index is 0.105. The lowest BCUT2D eigenvalue weighted by Gasteiger charge is -2.30. The molecule has 5 nitrogen and oxygen atoms in total. The van der Waals surface area contributed by atoms with Gasteiger partial charge in [-0.3, -0.25) is 0 Å². The minimum atomic E-state index is -3.60. The van der Waals surface area contributed by atoms with Crippen molar-refractivity contribution in [2.24, 2.45) is 0 Å². The van der Waals surface area contributed by atoms with Crippen LogP contribution in [-0.4, -0.2) is 45.4 Å². The van der Waals surface area contributed by atoms with Crippen molar-refractivity contribution in [2.45, 2.75) is 76.8 Å². The van der Waals surface area contributed by atoms with E-state index in [0.29, 0.717) is 32.4 Å². The molecular weight excluding hydrogens is 562 g/mol. The number of alkyl halides is 3. The highest BCUT2D eigenvalue weighted by molar-refractivity contribution is 9.42. The summed E-state index contributed by atoms with van der Waals surface area (Å²) in [6.45, 7) is 5.32. The predicted molar refractivity (Wildman–Crippen MR) is 112 cm³/mol. The Balaban J connectivity index is 2.39. The largest absolute Gasteiger partial charge is 0.356 e. The van der Waals surface area contributed by atoms with E-state index in [1.165, 1.54) is 0 Å². The SMILES string of the molecule is CCCC[N+]1(CCCC)C2(CCCC(S(=O)(=O)C(Br)(Br)Br)C2)S1(=O)=O. The number of sulfone groups is 1. The molecule has 0 aromatic heterocycles. The van der Waals surface area contributed by atoms with Crippen molar-refractivity contribution >= 4 is 67.7 Å². The van der Waals surface area contributed by atoms with Crippen molar-refractivity contribution in [3.8, 4) is 0 Å². The molecule has 25 heavy (non-hydrogen) atoms. The van der Waals surface area contributed by atoms with E-state index >= 15 is 0 Å². The first-order valence-electron chi connectivity index (χ1n) is 8.85. The molecule has 1 saturated carbocycles. The van der Waals surface area contributed by atoms with Gasteiger partial charge in [0.1, 0.15) is 0 Å². The number of rotatable bonds is 7. The third-order valence-electron chi connectivity index (χ3n) is 5.80. The maximum Gasteiger partial charge on any atom is 0.356 e. The monoisotopic (exact) mass is 586 g/mol. The number of hydrogen-bond acceptors (Lipinski definition) is 4. The number of quaternary nitrogens is 1. The fraction of sp³-hybridized carbons (Fsp3) is 1.00. The molecule has 1 spiro atoms. The smallest absolute Gasteiger partial charge is 0.225 e. The summed E-state index contributed by atoms with van der Waals surface area (Å²) in [5.74, 6) is 0. The number of halogens is 3. The zero-order valence-electron chi connectivity index (χ0n) is 14.7. The third-order valence-corrected chi connectivity index (χ3v) is 14.9. The Kier molecular flexibility index (Phi) is 6.88. The van der Waals surface area contributed by atoms with Gasteiger partial charge in [-0.15, -0.1) is 0 Å². The average Bonchev–Trinajstić information content (AvgIpc) is 2.90. The van der Waals surface area contributed by atoms with E-state index in [-0.39, 0.29) is 10.3 Å². The van der Waals surface area contributed by atoms with Crippen LogP contribution in [0.1, 0.15) is 65.2 Å². The van der Waals surface area contributed by atoms with Gasteiger partial charge in [-0.2, -0.15) is 12.3 Å². The summed E-state index contributed by atoms with van der Waals surface area (Å²) in [7, 11) is -6.93. The summed E-state index contributed by atoms with van der Waals surface area (Å²) in [5.41, 5.74) is 0. The molecule has 2 unspecified atom stereocenters. The molecular formula is C15H27Br3NO4S2+. The molecule has 148 valence electrons. The molecule has 10 heteroatoms. The van der Waals surface area contributed by atoms with Gasteiger partial charge in [0.05, 0.1) is 18.3 Å². The molecule has 0 radical (unpaired) electrons. The van der Waals surface area contributed by atoms with Crippen LogP contribution in [-0.2, 0) is 19.9 Å². The van der Waals surface area contributed by atoms with Gasteiger partial charge in [0.25, 0.3) is 4.87 Å². The molecule has 2 rings (SSSR count). The highest BCUT2D eigenvalue weighted by Crippen LogP contribution is 2.62. The van der Waals surface area contributed by atoms with Crippen LogP contribution >= 0.6 is 47.8 Å². The van der Waals surface area contributed by atoms with Crippen LogP contribution in [0.2, 0.25) is 0 Å². The molecule has 1 aliphatic heterocycles. The minimum Gasteiger partial charge on any atom is -0.225 e. The second kappa shape index (κ2) is 7.61. The number of hydrogen-bond donors (Lipinski definition) is 0. The Morgan fingerprint density at radius 2 is 1.64 bits per heavy atom. The van der Waals surface area contributed by atoms with Crippen LogP contribution in [0.15, 0.2) is 0 Å². The Labute approximate surface area is 177 Å². The Morgan fingerprint density at radius 3 is 2.08 bits per heavy atom. The second-order valence-electron chi connectivity index (χ2n) is 7.17. The summed E-state index contributed by atoms with van der Waals surface area (Å²) >= 11 is 9.38. The van der Waals surface area contributed by atoms with Crippen molar-refractivity contribution in [1.29, 1.82) is 0 Å². The maximum absolute atomic E-state index is 13.2. The molecule has 2 aliphatic rings. The van der Waals surface area contributed by atoms with Crippen molar-refractivity contribution in [3.63, 3.8) is 0 Å². The first-order valence-corrected chi connectivity index (χ1v) is 14.2. The molecule has 0 amide bonds. The van der Waals surface area contributed by atoms with Gasteiger partial charge in [-0.1, -0.05) is 26.7 Å². The highest BCUT2D eigenvalue weighted by atomic mass is 80.0. The lowest BCUT2D eigenvalue weighted by molar-refractivity contribution is -0.778. The Morgan fingerprint density at radius 1 is 1.12 bits per heavy atom. The van der Waals surface area contributed by atoms with Crippen molar-refractivity contribution in [3.05, 3.63) is 0 Å². The van der Waals surface area contributed by atoms with Crippen LogP contribution in [0.3, 0.4) is 0 Å². The van der Waals surface area contributed by atoms with Crippen LogP contribution in [0.5, 0.6) is 0 Å². The molecule has 0 aromatic carbocycles. The molecule has 0 N–H and O–H groups in total. The van der Waals surface area contributed by atoms with Crippen LogP contribution in [0.25, 0.3) is 0 Å². The zero-order valence-corrected chi connectivity index (χ0v) is 21.1. The molecule has 0 bridgehead atoms. The number of nitrogens with zero attached hydrogens (tertiary/aromatic N) is 1. The van der Waals surface area contributed by atoms with E-state index in [2.05, 4.69) is 61.6 Å². The number of sulfonamides is 1. The first-order chi connectivity index (χ1) is 11.4. The fourth-order valence-corrected chi connectivity index (χ4v) is 11.4. The normalized spacial score (nSPS) is 31.2. The lowest BCUT2D eigenvalue weighted by Crippen LogP contribution is -2.45. The molecule has 1 saturated heterocycles. The molecule has 1 aliphatic carbocycles. The van der Waals surface area contributed by atoms with E-state index in [4.69, 9.17) is 0 Å². The van der Waals surface area contributed by atoms with Gasteiger partial charge < -0.3 is 0 Å². The summed E-state index contributed by atoms with van der Waals surface area (Å²) in [6.07, 6.45) is 5.49. The van der Waals surface area contributed by atoms with E-state index in [0.717, 1.165) is 25.7 Å². The summed E-state index contributed by atoms with van der Waals surface area (Å²) in [6, 6.07) is 0. The topological polar surface area (TPSA) is 68.3 Å². The molecule has 2 fully saturated rings. The third kappa shape index (κ3) is 3.43. The number of unbranched alkanes of at least 4 members (excludes halogenated alkanes) is 2. The summed E-state index contributed by atoms with van der Waals surface area (Å²) in [5, 5.41) is -0.669. The van der Waals surface area contributed by atoms with E-state index in [9.17, 15) is 16.8 Å². The van der Waals surface area contributed by atoms with Crippen molar-refractivity contribution in [1.82, 2.24) is 0 Å². The summed E-state index contributed by atoms with van der Waals surface area (Å²) < 4.78 is 50.7. The van der Waals surface area contributed by atoms with Gasteiger partial charge >= 0.3 is 10.0 Å². The van der Waals surface area contributed by atoms with Gasteiger partial charge in [-0.05, 0) is 73.5 Å². The lowest BCUT2D eigenvalue weighted by atomic mass is 9.93. The predicted octanol–water partition coefficient (Wildman–Crippen LogP) is 4.60. The standard InChI is InChI=1S/C15H27Br3NO4S2/c1-3-5-10-19(11-6-4-2)14(25(19,22)23)9-7-8-13(12-14)24(20,21)15(16,17)18/h13H,3-12H2,1-2H3/q+1. The van der Waals surface area contributed by atoms with Gasteiger partial charge in [0.15, 0.2) is 9.84 Å². The second-order valence-corrected chi connectivity index (χ2v) is 20.3. The quantitative estimate of drug-likeness (QED) is 0.248. The van der Waals surface area contributed by atoms with E-state index < -0.39 is 31.5 Å². The molecule has 2 atom stereocenters. The van der Waals surface area contributed by atoms with Crippen LogP contribution in [0, 0.1) is 0 Å². The fourth-order valence-electron chi connectivity index (χ4n) is 4.36. The van der Waals surface area contributed by atoms with Crippen molar-refractivity contribution < 1.29 is 20.7 Å².